The molecule has 2 aromatic carbocycles. The van der Waals surface area contributed by atoms with E-state index in [0.29, 0.717) is 38.8 Å². The summed E-state index contributed by atoms with van der Waals surface area (Å²) < 4.78 is 0.0654. The van der Waals surface area contributed by atoms with Crippen molar-refractivity contribution >= 4 is 11.8 Å². The van der Waals surface area contributed by atoms with Gasteiger partial charge in [0.05, 0.1) is 31.0 Å². The first kappa shape index (κ1) is 26.1. The number of nitrogens with zero attached hydrogens (tertiary/aromatic N) is 3. The highest BCUT2D eigenvalue weighted by Crippen LogP contribution is 2.38. The van der Waals surface area contributed by atoms with Crippen molar-refractivity contribution in [3.63, 3.8) is 0 Å². The Morgan fingerprint density at radius 2 is 1.81 bits per heavy atom. The standard InChI is InChI=1S/C30H38N4O2/c1-23(2)30(22-31,26-13-4-3-5-14-26)18-9-8-16-28(35)34(20-10-15-27(34)29(32)36)33-19-17-24-11-6-7-12-25(24)21-33/h3-7,11-14,23,27H,8-10,15-21H2,1-2H3,(H-,32,36)/p+1/t27?,30-,34+/m0/s1. The Balaban J connectivity index is 1.50. The average Bonchev–Trinajstić information content (AvgIpc) is 3.35. The van der Waals surface area contributed by atoms with Crippen molar-refractivity contribution in [2.45, 2.75) is 76.8 Å². The van der Waals surface area contributed by atoms with E-state index < -0.39 is 11.5 Å². The lowest BCUT2D eigenvalue weighted by molar-refractivity contribution is -0.975. The van der Waals surface area contributed by atoms with Crippen LogP contribution in [0, 0.1) is 17.2 Å². The van der Waals surface area contributed by atoms with Crippen molar-refractivity contribution in [1.29, 1.82) is 5.26 Å². The lowest BCUT2D eigenvalue weighted by Gasteiger charge is -2.45. The molecule has 2 amide bonds. The molecule has 2 N–H and O–H groups in total. The van der Waals surface area contributed by atoms with Gasteiger partial charge in [-0.25, -0.2) is 4.79 Å². The number of primary amides is 1. The molecule has 4 rings (SSSR count). The predicted octanol–water partition coefficient (Wildman–Crippen LogP) is 4.63. The maximum Gasteiger partial charge on any atom is 0.333 e. The summed E-state index contributed by atoms with van der Waals surface area (Å²) in [6.45, 7) is 6.22. The summed E-state index contributed by atoms with van der Waals surface area (Å²) >= 11 is 0. The number of carbonyl (C=O) groups is 2. The van der Waals surface area contributed by atoms with Crippen LogP contribution in [-0.2, 0) is 28.0 Å². The SMILES string of the molecule is CC(C)[C@@](C#N)(CCCCC(=O)[N@@+]1(N2CCc3ccccc3C2)CCCC1C(N)=O)c1ccccc1. The number of likely N-dealkylation sites (tertiary alicyclic amines) is 1. The first-order valence-corrected chi connectivity index (χ1v) is 13.3. The van der Waals surface area contributed by atoms with Gasteiger partial charge in [0.1, 0.15) is 6.54 Å². The first-order chi connectivity index (χ1) is 17.3. The highest BCUT2D eigenvalue weighted by atomic mass is 16.2. The number of amides is 2. The minimum absolute atomic E-state index is 0.0654. The number of rotatable bonds is 9. The molecule has 190 valence electrons. The van der Waals surface area contributed by atoms with Gasteiger partial charge in [-0.3, -0.25) is 4.79 Å². The molecule has 1 saturated heterocycles. The molecule has 1 fully saturated rings. The second-order valence-electron chi connectivity index (χ2n) is 10.7. The van der Waals surface area contributed by atoms with Crippen molar-refractivity contribution in [3.8, 4) is 6.07 Å². The molecule has 0 aliphatic carbocycles. The molecule has 1 unspecified atom stereocenters. The van der Waals surface area contributed by atoms with E-state index in [0.717, 1.165) is 31.4 Å². The van der Waals surface area contributed by atoms with E-state index in [4.69, 9.17) is 5.73 Å². The number of hydrogen-bond donors (Lipinski definition) is 1. The van der Waals surface area contributed by atoms with Crippen molar-refractivity contribution < 1.29 is 14.2 Å². The van der Waals surface area contributed by atoms with Crippen LogP contribution in [0.25, 0.3) is 0 Å². The smallest absolute Gasteiger partial charge is 0.333 e. The van der Waals surface area contributed by atoms with Crippen molar-refractivity contribution in [2.75, 3.05) is 13.1 Å². The third kappa shape index (κ3) is 4.70. The fourth-order valence-corrected chi connectivity index (χ4v) is 6.45. The van der Waals surface area contributed by atoms with E-state index in [1.807, 2.05) is 36.4 Å². The van der Waals surface area contributed by atoms with Crippen LogP contribution < -0.4 is 5.73 Å². The number of hydrogen-bond acceptors (Lipinski definition) is 4. The zero-order chi connectivity index (χ0) is 25.8. The van der Waals surface area contributed by atoms with Gasteiger partial charge in [0.2, 0.25) is 0 Å². The molecule has 2 aromatic rings. The van der Waals surface area contributed by atoms with Crippen LogP contribution in [0.5, 0.6) is 0 Å². The van der Waals surface area contributed by atoms with Gasteiger partial charge >= 0.3 is 5.91 Å². The number of carbonyl (C=O) groups excluding carboxylic acids is 2. The van der Waals surface area contributed by atoms with E-state index in [2.05, 4.69) is 43.1 Å². The molecular weight excluding hydrogens is 448 g/mol. The van der Waals surface area contributed by atoms with Gasteiger partial charge in [0.25, 0.3) is 5.91 Å². The molecule has 2 heterocycles. The number of benzene rings is 2. The van der Waals surface area contributed by atoms with Gasteiger partial charge in [0, 0.05) is 12.8 Å². The predicted molar refractivity (Wildman–Crippen MR) is 140 cm³/mol. The van der Waals surface area contributed by atoms with Crippen LogP contribution in [0.3, 0.4) is 0 Å². The van der Waals surface area contributed by atoms with E-state index in [-0.39, 0.29) is 22.3 Å². The van der Waals surface area contributed by atoms with E-state index in [1.54, 1.807) is 0 Å². The minimum atomic E-state index is -0.573. The minimum Gasteiger partial charge on any atom is -0.364 e. The van der Waals surface area contributed by atoms with Crippen LogP contribution in [0.2, 0.25) is 0 Å². The van der Waals surface area contributed by atoms with E-state index in [9.17, 15) is 14.9 Å². The Bertz CT molecular complexity index is 1130. The molecule has 6 heteroatoms. The topological polar surface area (TPSA) is 87.2 Å². The maximum absolute atomic E-state index is 13.9. The Kier molecular flexibility index (Phi) is 7.92. The Morgan fingerprint density at radius 1 is 1.11 bits per heavy atom. The third-order valence-corrected chi connectivity index (χ3v) is 8.55. The second-order valence-corrected chi connectivity index (χ2v) is 10.7. The molecule has 0 bridgehead atoms. The second kappa shape index (κ2) is 10.9. The summed E-state index contributed by atoms with van der Waals surface area (Å²) in [5.74, 6) is -0.139. The summed E-state index contributed by atoms with van der Waals surface area (Å²) in [5.41, 5.74) is 8.88. The maximum atomic E-state index is 13.9. The number of nitrogens with two attached hydrogens (primary N) is 1. The molecule has 2 aliphatic heterocycles. The third-order valence-electron chi connectivity index (χ3n) is 8.55. The van der Waals surface area contributed by atoms with Gasteiger partial charge in [-0.15, -0.1) is 5.01 Å². The van der Waals surface area contributed by atoms with Crippen molar-refractivity contribution in [2.24, 2.45) is 11.7 Å². The Hall–Kier alpha value is -3.01. The lowest BCUT2D eigenvalue weighted by atomic mass is 9.69. The normalized spacial score (nSPS) is 23.6. The van der Waals surface area contributed by atoms with Crippen LogP contribution in [0.1, 0.15) is 69.1 Å². The fourth-order valence-electron chi connectivity index (χ4n) is 6.45. The molecular formula is C30H39N4O2+. The van der Waals surface area contributed by atoms with Gasteiger partial charge in [-0.05, 0) is 41.9 Å². The molecule has 0 saturated carbocycles. The highest BCUT2D eigenvalue weighted by Gasteiger charge is 2.55. The summed E-state index contributed by atoms with van der Waals surface area (Å²) in [6.07, 6.45) is 4.89. The zero-order valence-corrected chi connectivity index (χ0v) is 21.7. The summed E-state index contributed by atoms with van der Waals surface area (Å²) in [4.78, 5) is 26.5. The molecule has 0 aromatic heterocycles. The molecule has 3 atom stereocenters. The van der Waals surface area contributed by atoms with E-state index in [1.165, 1.54) is 11.1 Å². The molecule has 0 spiro atoms. The summed E-state index contributed by atoms with van der Waals surface area (Å²) in [5, 5.41) is 12.4. The van der Waals surface area contributed by atoms with Crippen LogP contribution in [0.4, 0.5) is 0 Å². The van der Waals surface area contributed by atoms with Gasteiger partial charge in [-0.2, -0.15) is 9.85 Å². The van der Waals surface area contributed by atoms with Gasteiger partial charge in [0.15, 0.2) is 6.04 Å². The van der Waals surface area contributed by atoms with Crippen LogP contribution in [0.15, 0.2) is 54.6 Å². The average molecular weight is 488 g/mol. The lowest BCUT2D eigenvalue weighted by Crippen LogP contribution is -2.69. The monoisotopic (exact) mass is 487 g/mol. The Morgan fingerprint density at radius 3 is 2.47 bits per heavy atom. The fraction of sp³-hybridized carbons (Fsp3) is 0.500. The molecule has 0 radical (unpaired) electrons. The molecule has 36 heavy (non-hydrogen) atoms. The van der Waals surface area contributed by atoms with Gasteiger partial charge in [-0.1, -0.05) is 74.9 Å². The zero-order valence-electron chi connectivity index (χ0n) is 21.7. The van der Waals surface area contributed by atoms with Crippen molar-refractivity contribution in [1.82, 2.24) is 5.01 Å². The van der Waals surface area contributed by atoms with Gasteiger partial charge < -0.3 is 5.73 Å². The number of unbranched alkanes of at least 4 members (excludes halogenated alkanes) is 1. The number of nitriles is 1. The molecule has 6 nitrogen and oxygen atoms in total. The summed E-state index contributed by atoms with van der Waals surface area (Å²) in [7, 11) is 0. The van der Waals surface area contributed by atoms with Crippen molar-refractivity contribution in [3.05, 3.63) is 71.3 Å². The van der Waals surface area contributed by atoms with E-state index >= 15 is 0 Å². The molecule has 2 aliphatic rings. The van der Waals surface area contributed by atoms with Crippen LogP contribution in [-0.4, -0.2) is 40.5 Å². The number of quaternary nitrogens is 1. The Labute approximate surface area is 215 Å². The summed E-state index contributed by atoms with van der Waals surface area (Å²) in [6, 6.07) is 20.5. The van der Waals surface area contributed by atoms with Crippen LogP contribution >= 0.6 is 0 Å². The highest BCUT2D eigenvalue weighted by molar-refractivity contribution is 5.82. The number of fused-ring (bicyclic) bond motifs is 1. The first-order valence-electron chi connectivity index (χ1n) is 13.3. The quantitative estimate of drug-likeness (QED) is 0.413. The largest absolute Gasteiger partial charge is 0.364 e.